The molecule has 3 aliphatic rings. The molecule has 0 aromatic heterocycles. The van der Waals surface area contributed by atoms with Crippen LogP contribution in [0.5, 0.6) is 0 Å². The van der Waals surface area contributed by atoms with E-state index < -0.39 is 0 Å². The average Bonchev–Trinajstić information content (AvgIpc) is 2.88. The second-order valence-corrected chi connectivity index (χ2v) is 12.9. The fourth-order valence-electron chi connectivity index (χ4n) is 7.90. The molecule has 0 spiro atoms. The monoisotopic (exact) mass is 480 g/mol. The molecule has 196 valence electrons. The van der Waals surface area contributed by atoms with E-state index in [1.807, 2.05) is 6.07 Å². The first-order valence-corrected chi connectivity index (χ1v) is 15.5. The van der Waals surface area contributed by atoms with Crippen LogP contribution < -0.4 is 0 Å². The molecule has 0 aliphatic heterocycles. The van der Waals surface area contributed by atoms with Gasteiger partial charge in [-0.3, -0.25) is 0 Å². The van der Waals surface area contributed by atoms with Crippen molar-refractivity contribution in [3.05, 3.63) is 47.3 Å². The van der Waals surface area contributed by atoms with Crippen LogP contribution in [-0.2, 0) is 0 Å². The summed E-state index contributed by atoms with van der Waals surface area (Å²) in [6.07, 6.45) is 24.0. The van der Waals surface area contributed by atoms with E-state index in [4.69, 9.17) is 0 Å². The predicted octanol–water partition coefficient (Wildman–Crippen LogP) is 11.1. The summed E-state index contributed by atoms with van der Waals surface area (Å²) in [5.41, 5.74) is 3.63. The van der Waals surface area contributed by atoms with E-state index in [0.29, 0.717) is 11.8 Å². The fourth-order valence-corrected chi connectivity index (χ4v) is 7.90. The molecule has 35 heavy (non-hydrogen) atoms. The van der Waals surface area contributed by atoms with Gasteiger partial charge in [-0.15, -0.1) is 6.58 Å². The third-order valence-corrected chi connectivity index (χ3v) is 10.3. The molecule has 1 aromatic rings. The fraction of sp³-hybridized carbons (Fsp3) is 0.765. The smallest absolute Gasteiger partial charge is 0.126 e. The number of hydrogen-bond donors (Lipinski definition) is 0. The number of rotatable bonds is 10. The Kier molecular flexibility index (Phi) is 10.3. The zero-order valence-corrected chi connectivity index (χ0v) is 23.0. The zero-order chi connectivity index (χ0) is 24.6. The van der Waals surface area contributed by atoms with Crippen molar-refractivity contribution in [3.63, 3.8) is 0 Å². The normalized spacial score (nSPS) is 31.9. The van der Waals surface area contributed by atoms with Crippen molar-refractivity contribution in [1.29, 1.82) is 0 Å². The Morgan fingerprint density at radius 1 is 0.771 bits per heavy atom. The van der Waals surface area contributed by atoms with Gasteiger partial charge in [0.25, 0.3) is 0 Å². The van der Waals surface area contributed by atoms with Gasteiger partial charge < -0.3 is 0 Å². The Hall–Kier alpha value is -1.11. The lowest BCUT2D eigenvalue weighted by atomic mass is 9.67. The second-order valence-electron chi connectivity index (χ2n) is 12.9. The molecule has 0 saturated heterocycles. The minimum atomic E-state index is 0.0917. The number of benzene rings is 1. The standard InChI is InChI=1S/C34H53F/c1-4-5-6-7-26-10-16-30(17-11-26)32-22-23-33(34(35)24-32)31-20-18-29(19-21-31)28-14-12-27(13-15-28)9-8-25(2)3/h22-24,26-31H,2,4-21H2,1,3H3. The molecule has 0 N–H and O–H groups in total. The molecule has 3 saturated carbocycles. The van der Waals surface area contributed by atoms with Gasteiger partial charge in [-0.1, -0.05) is 63.2 Å². The molecule has 0 heterocycles. The summed E-state index contributed by atoms with van der Waals surface area (Å²) >= 11 is 0. The van der Waals surface area contributed by atoms with Gasteiger partial charge in [0.1, 0.15) is 5.82 Å². The third kappa shape index (κ3) is 7.69. The van der Waals surface area contributed by atoms with Gasteiger partial charge in [-0.05, 0) is 137 Å². The SMILES string of the molecule is C=C(C)CCC1CCC(C2CCC(c3ccc(C4CCC(CCCCC)CC4)cc3F)CC2)CC1. The summed E-state index contributed by atoms with van der Waals surface area (Å²) in [7, 11) is 0. The number of hydrogen-bond acceptors (Lipinski definition) is 0. The summed E-state index contributed by atoms with van der Waals surface area (Å²) in [6, 6.07) is 6.39. The van der Waals surface area contributed by atoms with Crippen molar-refractivity contribution in [1.82, 2.24) is 0 Å². The van der Waals surface area contributed by atoms with E-state index in [1.54, 1.807) is 0 Å². The molecule has 0 radical (unpaired) electrons. The van der Waals surface area contributed by atoms with E-state index in [9.17, 15) is 0 Å². The molecular weight excluding hydrogens is 427 g/mol. The van der Waals surface area contributed by atoms with Crippen LogP contribution in [0.2, 0.25) is 0 Å². The molecule has 3 aliphatic carbocycles. The van der Waals surface area contributed by atoms with Crippen LogP contribution in [0.3, 0.4) is 0 Å². The van der Waals surface area contributed by atoms with Crippen molar-refractivity contribution < 1.29 is 4.39 Å². The van der Waals surface area contributed by atoms with Crippen LogP contribution in [-0.4, -0.2) is 0 Å². The van der Waals surface area contributed by atoms with Gasteiger partial charge in [0.05, 0.1) is 0 Å². The van der Waals surface area contributed by atoms with Crippen LogP contribution in [0, 0.1) is 29.5 Å². The maximum absolute atomic E-state index is 15.3. The summed E-state index contributed by atoms with van der Waals surface area (Å²) in [5, 5.41) is 0. The van der Waals surface area contributed by atoms with E-state index in [2.05, 4.69) is 32.6 Å². The van der Waals surface area contributed by atoms with Crippen molar-refractivity contribution >= 4 is 0 Å². The highest BCUT2D eigenvalue weighted by Crippen LogP contribution is 2.45. The highest BCUT2D eigenvalue weighted by atomic mass is 19.1. The molecular formula is C34H53F. The minimum absolute atomic E-state index is 0.0917. The van der Waals surface area contributed by atoms with Gasteiger partial charge in [-0.25, -0.2) is 4.39 Å². The lowest BCUT2D eigenvalue weighted by molar-refractivity contribution is 0.156. The van der Waals surface area contributed by atoms with Crippen molar-refractivity contribution in [3.8, 4) is 0 Å². The van der Waals surface area contributed by atoms with Crippen LogP contribution in [0.4, 0.5) is 4.39 Å². The van der Waals surface area contributed by atoms with Crippen LogP contribution >= 0.6 is 0 Å². The molecule has 0 unspecified atom stereocenters. The Labute approximate surface area is 216 Å². The van der Waals surface area contributed by atoms with Gasteiger partial charge >= 0.3 is 0 Å². The van der Waals surface area contributed by atoms with Crippen LogP contribution in [0.15, 0.2) is 30.4 Å². The zero-order valence-electron chi connectivity index (χ0n) is 23.0. The van der Waals surface area contributed by atoms with Gasteiger partial charge in [-0.2, -0.15) is 0 Å². The highest BCUT2D eigenvalue weighted by Gasteiger charge is 2.32. The first-order valence-electron chi connectivity index (χ1n) is 15.5. The molecule has 1 heteroatoms. The maximum Gasteiger partial charge on any atom is 0.126 e. The van der Waals surface area contributed by atoms with Gasteiger partial charge in [0, 0.05) is 0 Å². The summed E-state index contributed by atoms with van der Waals surface area (Å²) in [5.74, 6) is 4.80. The van der Waals surface area contributed by atoms with Crippen molar-refractivity contribution in [2.45, 2.75) is 141 Å². The topological polar surface area (TPSA) is 0 Å². The third-order valence-electron chi connectivity index (χ3n) is 10.3. The Bertz CT molecular complexity index is 770. The molecule has 0 atom stereocenters. The maximum atomic E-state index is 15.3. The molecule has 0 bridgehead atoms. The lowest BCUT2D eigenvalue weighted by Gasteiger charge is -2.38. The van der Waals surface area contributed by atoms with Crippen molar-refractivity contribution in [2.24, 2.45) is 23.7 Å². The largest absolute Gasteiger partial charge is 0.207 e. The van der Waals surface area contributed by atoms with E-state index in [0.717, 1.165) is 29.2 Å². The average molecular weight is 481 g/mol. The highest BCUT2D eigenvalue weighted by molar-refractivity contribution is 5.30. The molecule has 3 fully saturated rings. The van der Waals surface area contributed by atoms with E-state index in [1.165, 1.54) is 127 Å². The van der Waals surface area contributed by atoms with E-state index in [-0.39, 0.29) is 5.82 Å². The first kappa shape index (κ1) is 26.9. The summed E-state index contributed by atoms with van der Waals surface area (Å²) in [4.78, 5) is 0. The Balaban J connectivity index is 1.21. The second kappa shape index (κ2) is 13.4. The lowest BCUT2D eigenvalue weighted by Crippen LogP contribution is -2.25. The molecule has 0 nitrogen and oxygen atoms in total. The minimum Gasteiger partial charge on any atom is -0.207 e. The van der Waals surface area contributed by atoms with Crippen molar-refractivity contribution in [2.75, 3.05) is 0 Å². The Morgan fingerprint density at radius 2 is 1.34 bits per heavy atom. The number of halogens is 1. The predicted molar refractivity (Wildman–Crippen MR) is 149 cm³/mol. The molecule has 0 amide bonds. The van der Waals surface area contributed by atoms with Gasteiger partial charge in [0.2, 0.25) is 0 Å². The van der Waals surface area contributed by atoms with Crippen LogP contribution in [0.25, 0.3) is 0 Å². The number of unbranched alkanes of at least 4 members (excludes halogenated alkanes) is 2. The Morgan fingerprint density at radius 3 is 1.94 bits per heavy atom. The quantitative estimate of drug-likeness (QED) is 0.231. The van der Waals surface area contributed by atoms with Crippen LogP contribution in [0.1, 0.15) is 152 Å². The first-order chi connectivity index (χ1) is 17.0. The summed E-state index contributed by atoms with van der Waals surface area (Å²) in [6.45, 7) is 8.54. The number of allylic oxidation sites excluding steroid dienone is 1. The molecule has 4 rings (SSSR count). The van der Waals surface area contributed by atoms with E-state index >= 15 is 4.39 Å². The van der Waals surface area contributed by atoms with Gasteiger partial charge in [0.15, 0.2) is 0 Å². The molecule has 1 aromatic carbocycles. The summed E-state index contributed by atoms with van der Waals surface area (Å²) < 4.78 is 15.3.